The molecule has 0 fully saturated rings. The van der Waals surface area contributed by atoms with Gasteiger partial charge in [-0.3, -0.25) is 9.78 Å². The number of nitrogens with one attached hydrogen (secondary N) is 2. The summed E-state index contributed by atoms with van der Waals surface area (Å²) in [5.74, 6) is -0.386. The minimum Gasteiger partial charge on any atom is -0.383 e. The number of aryl methyl sites for hydroxylation is 1. The maximum Gasteiger partial charge on any atom is 0.253 e. The summed E-state index contributed by atoms with van der Waals surface area (Å²) in [4.78, 5) is 16.5. The molecule has 0 aliphatic heterocycles. The predicted octanol–water partition coefficient (Wildman–Crippen LogP) is 4.11. The maximum absolute atomic E-state index is 13.6. The summed E-state index contributed by atoms with van der Waals surface area (Å²) in [5.41, 5.74) is 4.08. The third-order valence-electron chi connectivity index (χ3n) is 4.22. The van der Waals surface area contributed by atoms with Gasteiger partial charge >= 0.3 is 0 Å². The molecule has 2 aromatic carbocycles. The van der Waals surface area contributed by atoms with E-state index >= 15 is 0 Å². The first-order valence-electron chi connectivity index (χ1n) is 8.88. The Bertz CT molecular complexity index is 927. The van der Waals surface area contributed by atoms with Gasteiger partial charge in [0, 0.05) is 25.5 Å². The van der Waals surface area contributed by atoms with Crippen molar-refractivity contribution in [2.24, 2.45) is 0 Å². The van der Waals surface area contributed by atoms with Crippen LogP contribution in [0.2, 0.25) is 0 Å². The molecule has 0 unspecified atom stereocenters. The number of carbonyl (C=O) groups is 1. The third-order valence-corrected chi connectivity index (χ3v) is 4.22. The standard InChI is InChI=1S/C22H22FN3O/c1-16-5-4-6-17(11-16)13-26-22(27)19-12-20(15-24-14-19)25-10-9-18-7-2-3-8-21(18)23/h2-8,11-12,14-15,25H,9-10,13H2,1H3,(H,26,27). The molecular formula is C22H22FN3O. The Morgan fingerprint density at radius 3 is 2.74 bits per heavy atom. The first kappa shape index (κ1) is 18.6. The molecule has 2 N–H and O–H groups in total. The molecule has 1 heterocycles. The van der Waals surface area contributed by atoms with Gasteiger partial charge in [-0.1, -0.05) is 48.0 Å². The minimum absolute atomic E-state index is 0.179. The number of rotatable bonds is 7. The lowest BCUT2D eigenvalue weighted by Gasteiger charge is -2.09. The summed E-state index contributed by atoms with van der Waals surface area (Å²) >= 11 is 0. The van der Waals surface area contributed by atoms with Gasteiger partial charge in [0.25, 0.3) is 5.91 Å². The highest BCUT2D eigenvalue weighted by Gasteiger charge is 2.07. The molecular weight excluding hydrogens is 341 g/mol. The minimum atomic E-state index is -0.207. The average molecular weight is 363 g/mol. The molecule has 0 aliphatic carbocycles. The molecule has 4 nitrogen and oxygen atoms in total. The van der Waals surface area contributed by atoms with E-state index in [-0.39, 0.29) is 11.7 Å². The summed E-state index contributed by atoms with van der Waals surface area (Å²) in [7, 11) is 0. The zero-order valence-electron chi connectivity index (χ0n) is 15.2. The highest BCUT2D eigenvalue weighted by Crippen LogP contribution is 2.11. The van der Waals surface area contributed by atoms with Crippen LogP contribution in [0.25, 0.3) is 0 Å². The predicted molar refractivity (Wildman–Crippen MR) is 105 cm³/mol. The van der Waals surface area contributed by atoms with Gasteiger partial charge in [0.1, 0.15) is 5.82 Å². The van der Waals surface area contributed by atoms with Crippen molar-refractivity contribution in [2.75, 3.05) is 11.9 Å². The molecule has 0 spiro atoms. The van der Waals surface area contributed by atoms with Crippen LogP contribution >= 0.6 is 0 Å². The smallest absolute Gasteiger partial charge is 0.253 e. The van der Waals surface area contributed by atoms with E-state index < -0.39 is 0 Å². The van der Waals surface area contributed by atoms with Crippen molar-refractivity contribution in [2.45, 2.75) is 19.9 Å². The van der Waals surface area contributed by atoms with Gasteiger partial charge in [0.2, 0.25) is 0 Å². The molecule has 27 heavy (non-hydrogen) atoms. The van der Waals surface area contributed by atoms with Crippen LogP contribution in [0.4, 0.5) is 10.1 Å². The molecule has 0 saturated heterocycles. The Morgan fingerprint density at radius 2 is 1.93 bits per heavy atom. The average Bonchev–Trinajstić information content (AvgIpc) is 2.68. The third kappa shape index (κ3) is 5.38. The summed E-state index contributed by atoms with van der Waals surface area (Å²) in [6, 6.07) is 16.5. The zero-order valence-corrected chi connectivity index (χ0v) is 15.2. The molecule has 3 rings (SSSR count). The van der Waals surface area contributed by atoms with Crippen LogP contribution in [-0.4, -0.2) is 17.4 Å². The van der Waals surface area contributed by atoms with Crippen molar-refractivity contribution >= 4 is 11.6 Å². The molecule has 138 valence electrons. The molecule has 0 atom stereocenters. The largest absolute Gasteiger partial charge is 0.383 e. The van der Waals surface area contributed by atoms with E-state index in [1.54, 1.807) is 24.4 Å². The molecule has 1 amide bonds. The summed E-state index contributed by atoms with van der Waals surface area (Å²) in [6.45, 7) is 3.04. The van der Waals surface area contributed by atoms with Crippen LogP contribution in [0.5, 0.6) is 0 Å². The fourth-order valence-corrected chi connectivity index (χ4v) is 2.81. The summed E-state index contributed by atoms with van der Waals surface area (Å²) < 4.78 is 13.6. The van der Waals surface area contributed by atoms with Crippen LogP contribution in [0.1, 0.15) is 27.0 Å². The molecule has 0 aliphatic rings. The molecule has 0 saturated carbocycles. The second-order valence-corrected chi connectivity index (χ2v) is 6.40. The van der Waals surface area contributed by atoms with E-state index in [2.05, 4.69) is 15.6 Å². The van der Waals surface area contributed by atoms with Gasteiger partial charge in [-0.25, -0.2) is 4.39 Å². The Hall–Kier alpha value is -3.21. The van der Waals surface area contributed by atoms with Gasteiger partial charge in [-0.2, -0.15) is 0 Å². The number of aromatic nitrogens is 1. The number of pyridine rings is 1. The lowest BCUT2D eigenvalue weighted by atomic mass is 10.1. The number of halogens is 1. The van der Waals surface area contributed by atoms with Crippen LogP contribution in [0.15, 0.2) is 67.0 Å². The Kier molecular flexibility index (Phi) is 6.15. The number of carbonyl (C=O) groups excluding carboxylic acids is 1. The topological polar surface area (TPSA) is 54.0 Å². The van der Waals surface area contributed by atoms with Crippen LogP contribution < -0.4 is 10.6 Å². The van der Waals surface area contributed by atoms with E-state index in [0.717, 1.165) is 16.8 Å². The normalized spacial score (nSPS) is 10.4. The molecule has 3 aromatic rings. The van der Waals surface area contributed by atoms with Crippen molar-refractivity contribution in [1.82, 2.24) is 10.3 Å². The van der Waals surface area contributed by atoms with Gasteiger partial charge in [-0.15, -0.1) is 0 Å². The zero-order chi connectivity index (χ0) is 19.1. The molecule has 0 bridgehead atoms. The quantitative estimate of drug-likeness (QED) is 0.664. The van der Waals surface area contributed by atoms with E-state index in [1.165, 1.54) is 12.3 Å². The lowest BCUT2D eigenvalue weighted by Crippen LogP contribution is -2.23. The van der Waals surface area contributed by atoms with Gasteiger partial charge in [0.15, 0.2) is 0 Å². The Balaban J connectivity index is 1.54. The van der Waals surface area contributed by atoms with Crippen LogP contribution in [0, 0.1) is 12.7 Å². The second kappa shape index (κ2) is 8.94. The van der Waals surface area contributed by atoms with E-state index in [1.807, 2.05) is 37.3 Å². The van der Waals surface area contributed by atoms with Gasteiger partial charge in [-0.05, 0) is 36.6 Å². The van der Waals surface area contributed by atoms with Crippen LogP contribution in [0.3, 0.4) is 0 Å². The monoisotopic (exact) mass is 363 g/mol. The van der Waals surface area contributed by atoms with Crippen molar-refractivity contribution in [3.8, 4) is 0 Å². The first-order valence-corrected chi connectivity index (χ1v) is 8.88. The number of hydrogen-bond donors (Lipinski definition) is 2. The highest BCUT2D eigenvalue weighted by atomic mass is 19.1. The maximum atomic E-state index is 13.6. The van der Waals surface area contributed by atoms with E-state index in [0.29, 0.717) is 30.6 Å². The lowest BCUT2D eigenvalue weighted by molar-refractivity contribution is 0.0950. The summed E-state index contributed by atoms with van der Waals surface area (Å²) in [6.07, 6.45) is 3.74. The highest BCUT2D eigenvalue weighted by molar-refractivity contribution is 5.94. The van der Waals surface area contributed by atoms with E-state index in [4.69, 9.17) is 0 Å². The van der Waals surface area contributed by atoms with Crippen molar-refractivity contribution in [3.63, 3.8) is 0 Å². The fraction of sp³-hybridized carbons (Fsp3) is 0.182. The molecule has 1 aromatic heterocycles. The molecule has 5 heteroatoms. The fourth-order valence-electron chi connectivity index (χ4n) is 2.81. The van der Waals surface area contributed by atoms with E-state index in [9.17, 15) is 9.18 Å². The summed E-state index contributed by atoms with van der Waals surface area (Å²) in [5, 5.41) is 6.09. The van der Waals surface area contributed by atoms with Gasteiger partial charge in [0.05, 0.1) is 11.3 Å². The second-order valence-electron chi connectivity index (χ2n) is 6.40. The number of nitrogens with zero attached hydrogens (tertiary/aromatic N) is 1. The Labute approximate surface area is 158 Å². The number of benzene rings is 2. The van der Waals surface area contributed by atoms with Crippen molar-refractivity contribution < 1.29 is 9.18 Å². The van der Waals surface area contributed by atoms with Gasteiger partial charge < -0.3 is 10.6 Å². The first-order chi connectivity index (χ1) is 13.1. The Morgan fingerprint density at radius 1 is 1.07 bits per heavy atom. The SMILES string of the molecule is Cc1cccc(CNC(=O)c2cncc(NCCc3ccccc3F)c2)c1. The van der Waals surface area contributed by atoms with Crippen molar-refractivity contribution in [3.05, 3.63) is 95.1 Å². The molecule has 0 radical (unpaired) electrons. The number of amides is 1. The number of hydrogen-bond acceptors (Lipinski definition) is 3. The van der Waals surface area contributed by atoms with Crippen LogP contribution in [-0.2, 0) is 13.0 Å². The van der Waals surface area contributed by atoms with Crippen molar-refractivity contribution in [1.29, 1.82) is 0 Å². The number of anilines is 1.